The Morgan fingerprint density at radius 1 is 1.20 bits per heavy atom. The first kappa shape index (κ1) is 19.7. The van der Waals surface area contributed by atoms with Crippen LogP contribution in [0.1, 0.15) is 60.0 Å². The first-order chi connectivity index (χ1) is 14.4. The average Bonchev–Trinajstić information content (AvgIpc) is 3.09. The van der Waals surface area contributed by atoms with Gasteiger partial charge in [0, 0.05) is 37.2 Å². The van der Waals surface area contributed by atoms with Gasteiger partial charge in [0.05, 0.1) is 12.2 Å². The number of hydrogen-bond acceptors (Lipinski definition) is 6. The van der Waals surface area contributed by atoms with Crippen LogP contribution in [0.5, 0.6) is 0 Å². The standard InChI is InChI=1S/C22H28N4O4/c23-12-22-7-5-21(6-8-22,13-30-22)24-10-14-1-2-16-15(9-14)11-26(20(16)29)17-3-4-18(27)25-19(17)28/h1-2,9,17,24H,3-8,10-13,23H2,(H,25,27,28). The van der Waals surface area contributed by atoms with Crippen LogP contribution in [0.3, 0.4) is 0 Å². The zero-order valence-corrected chi connectivity index (χ0v) is 17.0. The second-order valence-electron chi connectivity index (χ2n) is 9.20. The van der Waals surface area contributed by atoms with Gasteiger partial charge in [0.15, 0.2) is 0 Å². The van der Waals surface area contributed by atoms with Crippen LogP contribution in [-0.2, 0) is 27.4 Å². The van der Waals surface area contributed by atoms with Crippen molar-refractivity contribution in [3.8, 4) is 0 Å². The van der Waals surface area contributed by atoms with Gasteiger partial charge in [-0.3, -0.25) is 19.7 Å². The van der Waals surface area contributed by atoms with Crippen LogP contribution in [-0.4, -0.2) is 53.0 Å². The van der Waals surface area contributed by atoms with Crippen LogP contribution in [0, 0.1) is 0 Å². The van der Waals surface area contributed by atoms with E-state index in [2.05, 4.69) is 16.7 Å². The number of nitrogens with one attached hydrogen (secondary N) is 2. The van der Waals surface area contributed by atoms with E-state index in [-0.39, 0.29) is 35.3 Å². The van der Waals surface area contributed by atoms with Crippen LogP contribution in [0.4, 0.5) is 0 Å². The minimum absolute atomic E-state index is 0.00448. The molecular formula is C22H28N4O4. The molecule has 1 aromatic rings. The van der Waals surface area contributed by atoms with Crippen molar-refractivity contribution in [2.45, 2.75) is 68.8 Å². The maximum atomic E-state index is 12.8. The number of nitrogens with two attached hydrogens (primary N) is 1. The fourth-order valence-corrected chi connectivity index (χ4v) is 5.28. The van der Waals surface area contributed by atoms with Gasteiger partial charge in [0.25, 0.3) is 5.91 Å². The molecule has 0 radical (unpaired) electrons. The van der Waals surface area contributed by atoms with Gasteiger partial charge in [-0.05, 0) is 49.3 Å². The van der Waals surface area contributed by atoms with Gasteiger partial charge >= 0.3 is 0 Å². The SMILES string of the molecule is NCC12CCC(NCc3ccc4c(c3)CN(C3CCC(=O)NC3=O)C4=O)(CC1)CO2. The molecule has 0 aromatic heterocycles. The Morgan fingerprint density at radius 2 is 2.00 bits per heavy atom. The predicted octanol–water partition coefficient (Wildman–Crippen LogP) is 0.578. The van der Waals surface area contributed by atoms with E-state index in [1.54, 1.807) is 4.90 Å². The summed E-state index contributed by atoms with van der Waals surface area (Å²) in [7, 11) is 0. The number of ether oxygens (including phenoxy) is 1. The lowest BCUT2D eigenvalue weighted by Crippen LogP contribution is -2.63. The van der Waals surface area contributed by atoms with E-state index >= 15 is 0 Å². The van der Waals surface area contributed by atoms with E-state index in [1.165, 1.54) is 0 Å². The highest BCUT2D eigenvalue weighted by Gasteiger charge is 2.48. The number of nitrogens with zero attached hydrogens (tertiary/aromatic N) is 1. The lowest BCUT2D eigenvalue weighted by Gasteiger charge is -2.53. The third kappa shape index (κ3) is 3.23. The van der Waals surface area contributed by atoms with Gasteiger partial charge < -0.3 is 20.7 Å². The average molecular weight is 412 g/mol. The van der Waals surface area contributed by atoms with Gasteiger partial charge in [0.1, 0.15) is 6.04 Å². The molecule has 1 saturated carbocycles. The molecule has 1 unspecified atom stereocenters. The monoisotopic (exact) mass is 412 g/mol. The lowest BCUT2D eigenvalue weighted by atomic mass is 9.71. The predicted molar refractivity (Wildman–Crippen MR) is 108 cm³/mol. The van der Waals surface area contributed by atoms with Crippen molar-refractivity contribution < 1.29 is 19.1 Å². The number of imide groups is 1. The van der Waals surface area contributed by atoms with E-state index < -0.39 is 6.04 Å². The molecule has 4 aliphatic heterocycles. The Balaban J connectivity index is 1.25. The number of fused-ring (bicyclic) bond motifs is 4. The Kier molecular flexibility index (Phi) is 4.68. The van der Waals surface area contributed by atoms with Crippen LogP contribution in [0.25, 0.3) is 0 Å². The van der Waals surface area contributed by atoms with Gasteiger partial charge in [-0.2, -0.15) is 0 Å². The highest BCUT2D eigenvalue weighted by atomic mass is 16.5. The smallest absolute Gasteiger partial charge is 0.255 e. The molecule has 160 valence electrons. The molecule has 2 bridgehead atoms. The highest BCUT2D eigenvalue weighted by molar-refractivity contribution is 6.05. The van der Waals surface area contributed by atoms with Crippen LogP contribution in [0.15, 0.2) is 18.2 Å². The molecular weight excluding hydrogens is 384 g/mol. The Bertz CT molecular complexity index is 890. The molecule has 3 amide bonds. The summed E-state index contributed by atoms with van der Waals surface area (Å²) in [4.78, 5) is 38.0. The molecule has 4 N–H and O–H groups in total. The van der Waals surface area contributed by atoms with E-state index in [9.17, 15) is 14.4 Å². The number of benzene rings is 1. The number of rotatable bonds is 5. The highest BCUT2D eigenvalue weighted by Crippen LogP contribution is 2.43. The largest absolute Gasteiger partial charge is 0.372 e. The fraction of sp³-hybridized carbons (Fsp3) is 0.591. The molecule has 6 rings (SSSR count). The number of piperidine rings is 1. The normalized spacial score (nSPS) is 33.0. The molecule has 1 aliphatic carbocycles. The van der Waals surface area contributed by atoms with Crippen molar-refractivity contribution in [1.82, 2.24) is 15.5 Å². The Morgan fingerprint density at radius 3 is 2.67 bits per heavy atom. The third-order valence-corrected chi connectivity index (χ3v) is 7.40. The molecule has 4 fully saturated rings. The van der Waals surface area contributed by atoms with Crippen molar-refractivity contribution in [2.75, 3.05) is 13.2 Å². The molecule has 8 heteroatoms. The number of carbonyl (C=O) groups is 3. The van der Waals surface area contributed by atoms with E-state index in [0.29, 0.717) is 38.2 Å². The second-order valence-corrected chi connectivity index (χ2v) is 9.20. The molecule has 5 aliphatic rings. The van der Waals surface area contributed by atoms with Gasteiger partial charge in [0.2, 0.25) is 11.8 Å². The first-order valence-electron chi connectivity index (χ1n) is 10.8. The van der Waals surface area contributed by atoms with Crippen LogP contribution >= 0.6 is 0 Å². The van der Waals surface area contributed by atoms with Crippen molar-refractivity contribution >= 4 is 17.7 Å². The van der Waals surface area contributed by atoms with Crippen molar-refractivity contribution in [1.29, 1.82) is 0 Å². The van der Waals surface area contributed by atoms with Crippen molar-refractivity contribution in [2.24, 2.45) is 5.73 Å². The number of carbonyl (C=O) groups excluding carboxylic acids is 3. The van der Waals surface area contributed by atoms with Crippen molar-refractivity contribution in [3.05, 3.63) is 34.9 Å². The van der Waals surface area contributed by atoms with Gasteiger partial charge in [-0.1, -0.05) is 12.1 Å². The van der Waals surface area contributed by atoms with E-state index in [0.717, 1.165) is 36.8 Å². The quantitative estimate of drug-likeness (QED) is 0.610. The molecule has 8 nitrogen and oxygen atoms in total. The zero-order chi connectivity index (χ0) is 20.9. The third-order valence-electron chi connectivity index (χ3n) is 7.40. The van der Waals surface area contributed by atoms with Crippen molar-refractivity contribution in [3.63, 3.8) is 0 Å². The van der Waals surface area contributed by atoms with Crippen LogP contribution in [0.2, 0.25) is 0 Å². The molecule has 30 heavy (non-hydrogen) atoms. The molecule has 4 heterocycles. The zero-order valence-electron chi connectivity index (χ0n) is 17.0. The van der Waals surface area contributed by atoms with E-state index in [1.807, 2.05) is 12.1 Å². The number of hydrogen-bond donors (Lipinski definition) is 3. The summed E-state index contributed by atoms with van der Waals surface area (Å²) in [6.07, 6.45) is 4.77. The fourth-order valence-electron chi connectivity index (χ4n) is 5.28. The minimum atomic E-state index is -0.576. The molecule has 1 aromatic carbocycles. The summed E-state index contributed by atoms with van der Waals surface area (Å²) >= 11 is 0. The summed E-state index contributed by atoms with van der Waals surface area (Å²) < 4.78 is 6.09. The molecule has 0 spiro atoms. The Labute approximate surface area is 175 Å². The minimum Gasteiger partial charge on any atom is -0.372 e. The maximum absolute atomic E-state index is 12.8. The molecule has 3 saturated heterocycles. The van der Waals surface area contributed by atoms with E-state index in [4.69, 9.17) is 10.5 Å². The topological polar surface area (TPSA) is 114 Å². The Hall–Kier alpha value is -2.29. The van der Waals surface area contributed by atoms with Gasteiger partial charge in [-0.15, -0.1) is 0 Å². The summed E-state index contributed by atoms with van der Waals surface area (Å²) in [5.74, 6) is -0.786. The summed E-state index contributed by atoms with van der Waals surface area (Å²) in [6.45, 7) is 2.39. The maximum Gasteiger partial charge on any atom is 0.255 e. The summed E-state index contributed by atoms with van der Waals surface area (Å²) in [6, 6.07) is 5.31. The molecule has 1 atom stereocenters. The lowest BCUT2D eigenvalue weighted by molar-refractivity contribution is -0.156. The summed E-state index contributed by atoms with van der Waals surface area (Å²) in [5, 5.41) is 6.04. The van der Waals surface area contributed by atoms with Crippen LogP contribution < -0.4 is 16.4 Å². The number of amides is 3. The second kappa shape index (κ2) is 7.14. The van der Waals surface area contributed by atoms with Gasteiger partial charge in [-0.25, -0.2) is 0 Å². The summed E-state index contributed by atoms with van der Waals surface area (Å²) in [5.41, 5.74) is 8.49. The first-order valence-corrected chi connectivity index (χ1v) is 10.8.